The lowest BCUT2D eigenvalue weighted by atomic mass is 9.63. The zero-order chi connectivity index (χ0) is 22.1. The van der Waals surface area contributed by atoms with Crippen molar-refractivity contribution in [1.29, 1.82) is 0 Å². The van der Waals surface area contributed by atoms with Crippen molar-refractivity contribution in [2.45, 2.75) is 71.9 Å². The first-order chi connectivity index (χ1) is 13.6. The molecule has 0 aliphatic carbocycles. The van der Waals surface area contributed by atoms with Crippen LogP contribution < -0.4 is 0 Å². The third kappa shape index (κ3) is 8.89. The number of carbonyl (C=O) groups is 1. The Balaban J connectivity index is 0. The fourth-order valence-electron chi connectivity index (χ4n) is 4.42. The van der Waals surface area contributed by atoms with Gasteiger partial charge in [0.05, 0.1) is 5.60 Å². The van der Waals surface area contributed by atoms with Gasteiger partial charge in [0.25, 0.3) is 0 Å². The minimum atomic E-state index is -0.778. The van der Waals surface area contributed by atoms with E-state index in [1.54, 1.807) is 6.92 Å². The molecular formula is C24H44Cl2N2O3. The second-order valence-electron chi connectivity index (χ2n) is 8.78. The van der Waals surface area contributed by atoms with E-state index < -0.39 is 11.6 Å². The Morgan fingerprint density at radius 2 is 1.61 bits per heavy atom. The maximum atomic E-state index is 11.9. The van der Waals surface area contributed by atoms with E-state index in [2.05, 4.69) is 56.7 Å². The number of carboxylic acids is 1. The summed E-state index contributed by atoms with van der Waals surface area (Å²) < 4.78 is 0. The molecule has 3 atom stereocenters. The summed E-state index contributed by atoms with van der Waals surface area (Å²) >= 11 is 0. The summed E-state index contributed by atoms with van der Waals surface area (Å²) in [5.41, 5.74) is 0.111. The standard InChI is InChI=1S/C21H36N2O.C3H6O2.2ClH/c1-6-13-23(14-7-2)17-20(4)16-22(5)18(3)15-21(20,24)19-11-9-8-10-12-19;1-2-3(4)5;;/h8-12,18,24H,6-7,13-17H2,1-5H3;2H2,1H3,(H,4,5);2*1H. The third-order valence-electron chi connectivity index (χ3n) is 6.15. The highest BCUT2D eigenvalue weighted by atomic mass is 35.5. The Hall–Kier alpha value is -0.850. The van der Waals surface area contributed by atoms with Crippen LogP contribution in [0.2, 0.25) is 0 Å². The number of nitrogens with zero attached hydrogens (tertiary/aromatic N) is 2. The van der Waals surface area contributed by atoms with Crippen LogP contribution in [0.4, 0.5) is 0 Å². The summed E-state index contributed by atoms with van der Waals surface area (Å²) in [5, 5.41) is 19.6. The monoisotopic (exact) mass is 478 g/mol. The van der Waals surface area contributed by atoms with Crippen LogP contribution in [-0.4, -0.2) is 65.3 Å². The van der Waals surface area contributed by atoms with Crippen molar-refractivity contribution in [2.75, 3.05) is 33.2 Å². The first-order valence-corrected chi connectivity index (χ1v) is 11.1. The number of halogens is 2. The van der Waals surface area contributed by atoms with E-state index in [-0.39, 0.29) is 36.6 Å². The largest absolute Gasteiger partial charge is 0.481 e. The van der Waals surface area contributed by atoms with Crippen molar-refractivity contribution in [3.63, 3.8) is 0 Å². The maximum Gasteiger partial charge on any atom is 0.303 e. The van der Waals surface area contributed by atoms with Gasteiger partial charge in [0.2, 0.25) is 0 Å². The Kier molecular flexibility index (Phi) is 15.7. The lowest BCUT2D eigenvalue weighted by Crippen LogP contribution is -2.62. The molecule has 2 rings (SSSR count). The van der Waals surface area contributed by atoms with Crippen LogP contribution in [0.1, 0.15) is 65.9 Å². The highest BCUT2D eigenvalue weighted by Crippen LogP contribution is 2.48. The quantitative estimate of drug-likeness (QED) is 0.546. The molecule has 7 heteroatoms. The van der Waals surface area contributed by atoms with Gasteiger partial charge in [-0.2, -0.15) is 0 Å². The molecule has 2 N–H and O–H groups in total. The number of carboxylic acid groups (broad SMARTS) is 1. The number of aliphatic hydroxyl groups is 1. The first-order valence-electron chi connectivity index (χ1n) is 11.1. The highest BCUT2D eigenvalue weighted by molar-refractivity contribution is 5.85. The molecule has 0 radical (unpaired) electrons. The van der Waals surface area contributed by atoms with Crippen molar-refractivity contribution >= 4 is 30.8 Å². The van der Waals surface area contributed by atoms with Gasteiger partial charge in [-0.25, -0.2) is 0 Å². The first kappa shape index (κ1) is 32.3. The molecule has 1 aromatic carbocycles. The van der Waals surface area contributed by atoms with Crippen molar-refractivity contribution in [1.82, 2.24) is 9.80 Å². The van der Waals surface area contributed by atoms with Crippen molar-refractivity contribution in [2.24, 2.45) is 5.41 Å². The van der Waals surface area contributed by atoms with Crippen molar-refractivity contribution in [3.05, 3.63) is 35.9 Å². The molecule has 1 aliphatic rings. The molecule has 31 heavy (non-hydrogen) atoms. The van der Waals surface area contributed by atoms with Gasteiger partial charge in [-0.3, -0.25) is 4.79 Å². The molecule has 3 unspecified atom stereocenters. The molecule has 1 saturated heterocycles. The Morgan fingerprint density at radius 3 is 2.03 bits per heavy atom. The number of piperidine rings is 1. The number of rotatable bonds is 8. The topological polar surface area (TPSA) is 64.0 Å². The minimum absolute atomic E-state index is 0. The molecule has 5 nitrogen and oxygen atoms in total. The zero-order valence-electron chi connectivity index (χ0n) is 20.1. The summed E-state index contributed by atoms with van der Waals surface area (Å²) in [4.78, 5) is 14.3. The molecule has 0 spiro atoms. The van der Waals surface area contributed by atoms with Gasteiger partial charge in [-0.15, -0.1) is 24.8 Å². The summed E-state index contributed by atoms with van der Waals surface area (Å²) in [6, 6.07) is 10.7. The Labute approximate surface area is 202 Å². The maximum absolute atomic E-state index is 11.9. The summed E-state index contributed by atoms with van der Waals surface area (Å²) in [7, 11) is 2.19. The zero-order valence-corrected chi connectivity index (χ0v) is 21.8. The van der Waals surface area contributed by atoms with Crippen LogP contribution in [0.3, 0.4) is 0 Å². The van der Waals surface area contributed by atoms with Crippen LogP contribution in [0.5, 0.6) is 0 Å². The molecule has 0 aromatic heterocycles. The van der Waals surface area contributed by atoms with Gasteiger partial charge in [0.15, 0.2) is 0 Å². The average Bonchev–Trinajstić information content (AvgIpc) is 2.68. The lowest BCUT2D eigenvalue weighted by Gasteiger charge is -2.55. The molecule has 1 aliphatic heterocycles. The molecule has 1 fully saturated rings. The smallest absolute Gasteiger partial charge is 0.303 e. The predicted octanol–water partition coefficient (Wildman–Crippen LogP) is 5.05. The van der Waals surface area contributed by atoms with Gasteiger partial charge in [0.1, 0.15) is 0 Å². The summed E-state index contributed by atoms with van der Waals surface area (Å²) in [6.07, 6.45) is 3.33. The molecule has 1 aromatic rings. The third-order valence-corrected chi connectivity index (χ3v) is 6.15. The van der Waals surface area contributed by atoms with Gasteiger partial charge >= 0.3 is 5.97 Å². The van der Waals surface area contributed by atoms with Crippen LogP contribution in [0.25, 0.3) is 0 Å². The fourth-order valence-corrected chi connectivity index (χ4v) is 4.42. The number of benzene rings is 1. The van der Waals surface area contributed by atoms with E-state index in [1.165, 1.54) is 0 Å². The van der Waals surface area contributed by atoms with E-state index in [1.807, 2.05) is 18.2 Å². The second kappa shape index (κ2) is 15.1. The molecular weight excluding hydrogens is 435 g/mol. The second-order valence-corrected chi connectivity index (χ2v) is 8.78. The summed E-state index contributed by atoms with van der Waals surface area (Å²) in [6.45, 7) is 14.7. The fraction of sp³-hybridized carbons (Fsp3) is 0.708. The van der Waals surface area contributed by atoms with Crippen molar-refractivity contribution < 1.29 is 15.0 Å². The van der Waals surface area contributed by atoms with Gasteiger partial charge in [-0.1, -0.05) is 58.0 Å². The molecule has 0 amide bonds. The predicted molar refractivity (Wildman–Crippen MR) is 135 cm³/mol. The van der Waals surface area contributed by atoms with Crippen molar-refractivity contribution in [3.8, 4) is 0 Å². The molecule has 0 saturated carbocycles. The Morgan fingerprint density at radius 1 is 1.13 bits per heavy atom. The molecule has 182 valence electrons. The van der Waals surface area contributed by atoms with Gasteiger partial charge in [-0.05, 0) is 51.9 Å². The normalized spacial score (nSPS) is 25.6. The van der Waals surface area contributed by atoms with Crippen LogP contribution in [0, 0.1) is 5.41 Å². The van der Waals surface area contributed by atoms with E-state index >= 15 is 0 Å². The van der Waals surface area contributed by atoms with E-state index in [4.69, 9.17) is 5.11 Å². The molecule has 1 heterocycles. The highest BCUT2D eigenvalue weighted by Gasteiger charge is 2.53. The average molecular weight is 480 g/mol. The van der Waals surface area contributed by atoms with Crippen LogP contribution >= 0.6 is 24.8 Å². The van der Waals surface area contributed by atoms with Crippen LogP contribution in [0.15, 0.2) is 30.3 Å². The number of hydrogen-bond donors (Lipinski definition) is 2. The van der Waals surface area contributed by atoms with Gasteiger partial charge in [0, 0.05) is 31.0 Å². The number of hydrogen-bond acceptors (Lipinski definition) is 4. The SMILES string of the molecule is CCC(=O)O.CCCN(CCC)CC1(C)CN(C)C(C)CC1(O)c1ccccc1.Cl.Cl. The van der Waals surface area contributed by atoms with E-state index in [0.717, 1.165) is 51.0 Å². The van der Waals surface area contributed by atoms with Gasteiger partial charge < -0.3 is 20.0 Å². The minimum Gasteiger partial charge on any atom is -0.481 e. The lowest BCUT2D eigenvalue weighted by molar-refractivity contribution is -0.154. The Bertz CT molecular complexity index is 614. The van der Waals surface area contributed by atoms with Crippen LogP contribution in [-0.2, 0) is 10.4 Å². The number of likely N-dealkylation sites (tertiary alicyclic amines) is 1. The molecule has 0 bridgehead atoms. The van der Waals surface area contributed by atoms with E-state index in [0.29, 0.717) is 6.04 Å². The number of aliphatic carboxylic acids is 1. The van der Waals surface area contributed by atoms with E-state index in [9.17, 15) is 9.90 Å². The summed E-state index contributed by atoms with van der Waals surface area (Å²) in [5.74, 6) is -0.745.